The van der Waals surface area contributed by atoms with Crippen LogP contribution in [-0.2, 0) is 24.3 Å². The summed E-state index contributed by atoms with van der Waals surface area (Å²) < 4.78 is 31.3. The normalized spacial score (nSPS) is 18.0. The molecule has 1 aliphatic heterocycles. The van der Waals surface area contributed by atoms with E-state index in [-0.39, 0.29) is 17.7 Å². The van der Waals surface area contributed by atoms with Crippen LogP contribution in [0.3, 0.4) is 0 Å². The van der Waals surface area contributed by atoms with Crippen LogP contribution in [-0.4, -0.2) is 50.2 Å². The van der Waals surface area contributed by atoms with Gasteiger partial charge in [-0.2, -0.15) is 8.68 Å². The highest BCUT2D eigenvalue weighted by Gasteiger charge is 2.41. The van der Waals surface area contributed by atoms with Crippen molar-refractivity contribution in [1.29, 1.82) is 0 Å². The molecular formula is C35H43N7O3S2. The molecule has 0 bridgehead atoms. The molecule has 0 radical (unpaired) electrons. The van der Waals surface area contributed by atoms with Gasteiger partial charge in [-0.15, -0.1) is 15.9 Å². The highest BCUT2D eigenvalue weighted by Crippen LogP contribution is 2.56. The minimum atomic E-state index is -3.22. The fraction of sp³-hybridized carbons (Fsp3) is 0.400. The van der Waals surface area contributed by atoms with Crippen molar-refractivity contribution in [3.8, 4) is 0 Å². The van der Waals surface area contributed by atoms with Crippen LogP contribution in [0.15, 0.2) is 65.8 Å². The standard InChI is InChI=1S/C35H43N7O3S2/c1-7-24-17-25-11-9-10-12-30(25)47(44,45)41(19-24)20-27-18-26(14-13-22(27)3)31(35(5,6)33(43)38-34-36-21-37-46-34)28-15-16-29-32(23(28)4)39-40-42(29)8-2/h9-16,18,21,24,31,44-45H,7-8,17,19-20H2,1-6H3,(H,36,37,38,43). The van der Waals surface area contributed by atoms with Gasteiger partial charge in [-0.3, -0.25) is 13.9 Å². The summed E-state index contributed by atoms with van der Waals surface area (Å²) in [7, 11) is -3.22. The lowest BCUT2D eigenvalue weighted by atomic mass is 9.69. The van der Waals surface area contributed by atoms with E-state index in [9.17, 15) is 13.9 Å². The largest absolute Gasteiger partial charge is 0.300 e. The Bertz CT molecular complexity index is 1900. The molecule has 3 N–H and O–H groups in total. The quantitative estimate of drug-likeness (QED) is 0.144. The lowest BCUT2D eigenvalue weighted by Crippen LogP contribution is -2.37. The lowest BCUT2D eigenvalue weighted by molar-refractivity contribution is -0.124. The van der Waals surface area contributed by atoms with E-state index in [0.29, 0.717) is 29.7 Å². The van der Waals surface area contributed by atoms with Gasteiger partial charge in [0.2, 0.25) is 11.0 Å². The molecule has 5 aromatic rings. The summed E-state index contributed by atoms with van der Waals surface area (Å²) in [5.74, 6) is -0.267. The number of hydrogen-bond donors (Lipinski definition) is 3. The summed E-state index contributed by atoms with van der Waals surface area (Å²) in [6.07, 6.45) is 3.17. The van der Waals surface area contributed by atoms with Crippen LogP contribution >= 0.6 is 22.3 Å². The molecule has 2 atom stereocenters. The number of anilines is 1. The minimum absolute atomic E-state index is 0.179. The second kappa shape index (κ2) is 13.1. The molecule has 0 fully saturated rings. The molecule has 12 heteroatoms. The summed E-state index contributed by atoms with van der Waals surface area (Å²) in [6.45, 7) is 13.8. The van der Waals surface area contributed by atoms with Crippen LogP contribution in [0.5, 0.6) is 0 Å². The fourth-order valence-electron chi connectivity index (χ4n) is 6.84. The number of fused-ring (bicyclic) bond motifs is 2. The first kappa shape index (κ1) is 33.2. The molecule has 10 nitrogen and oxygen atoms in total. The van der Waals surface area contributed by atoms with Crippen molar-refractivity contribution in [2.75, 3.05) is 11.9 Å². The first-order valence-electron chi connectivity index (χ1n) is 16.1. The van der Waals surface area contributed by atoms with E-state index in [1.165, 1.54) is 6.33 Å². The zero-order valence-electron chi connectivity index (χ0n) is 27.8. The van der Waals surface area contributed by atoms with Crippen molar-refractivity contribution in [3.63, 3.8) is 0 Å². The van der Waals surface area contributed by atoms with Gasteiger partial charge in [0, 0.05) is 37.1 Å². The van der Waals surface area contributed by atoms with Gasteiger partial charge in [0.15, 0.2) is 0 Å². The van der Waals surface area contributed by atoms with E-state index in [0.717, 1.165) is 68.8 Å². The number of carbonyl (C=O) groups excluding carboxylic acids is 1. The molecular weight excluding hydrogens is 631 g/mol. The van der Waals surface area contributed by atoms with Gasteiger partial charge in [-0.1, -0.05) is 74.9 Å². The molecule has 0 saturated heterocycles. The Balaban J connectivity index is 1.45. The van der Waals surface area contributed by atoms with Crippen LogP contribution < -0.4 is 5.32 Å². The zero-order valence-corrected chi connectivity index (χ0v) is 29.4. The monoisotopic (exact) mass is 673 g/mol. The maximum atomic E-state index is 14.0. The molecule has 0 aliphatic carbocycles. The minimum Gasteiger partial charge on any atom is -0.300 e. The second-order valence-corrected chi connectivity index (χ2v) is 15.8. The Morgan fingerprint density at radius 3 is 2.64 bits per heavy atom. The molecule has 2 unspecified atom stereocenters. The van der Waals surface area contributed by atoms with Crippen LogP contribution in [0.1, 0.15) is 73.4 Å². The third-order valence-corrected chi connectivity index (χ3v) is 12.3. The van der Waals surface area contributed by atoms with E-state index < -0.39 is 16.2 Å². The number of benzene rings is 3. The van der Waals surface area contributed by atoms with Crippen LogP contribution in [0.2, 0.25) is 0 Å². The Morgan fingerprint density at radius 1 is 1.13 bits per heavy atom. The topological polar surface area (TPSA) is 129 Å². The molecule has 1 amide bonds. The molecule has 2 aromatic heterocycles. The Hall–Kier alpha value is -3.68. The highest BCUT2D eigenvalue weighted by molar-refractivity contribution is 8.22. The van der Waals surface area contributed by atoms with Crippen molar-refractivity contribution in [2.45, 2.75) is 78.3 Å². The molecule has 0 spiro atoms. The third kappa shape index (κ3) is 6.20. The molecule has 0 saturated carbocycles. The smallest absolute Gasteiger partial charge is 0.232 e. The first-order chi connectivity index (χ1) is 22.4. The summed E-state index contributed by atoms with van der Waals surface area (Å²) in [6, 6.07) is 18.1. The summed E-state index contributed by atoms with van der Waals surface area (Å²) in [4.78, 5) is 18.9. The molecule has 3 aromatic carbocycles. The van der Waals surface area contributed by atoms with Crippen molar-refractivity contribution in [2.24, 2.45) is 11.3 Å². The molecule has 248 valence electrons. The van der Waals surface area contributed by atoms with Gasteiger partial charge >= 0.3 is 0 Å². The van der Waals surface area contributed by atoms with E-state index in [1.807, 2.05) is 67.0 Å². The van der Waals surface area contributed by atoms with E-state index in [2.05, 4.69) is 63.1 Å². The summed E-state index contributed by atoms with van der Waals surface area (Å²) in [5.41, 5.74) is 6.75. The Kier molecular flexibility index (Phi) is 9.25. The first-order valence-corrected chi connectivity index (χ1v) is 18.3. The number of amides is 1. The van der Waals surface area contributed by atoms with Crippen LogP contribution in [0.4, 0.5) is 5.13 Å². The van der Waals surface area contributed by atoms with Crippen molar-refractivity contribution in [1.82, 2.24) is 28.7 Å². The Labute approximate surface area is 281 Å². The number of aryl methyl sites for hydroxylation is 3. The van der Waals surface area contributed by atoms with Gasteiger partial charge in [0.25, 0.3) is 0 Å². The average Bonchev–Trinajstić information content (AvgIpc) is 3.71. The maximum absolute atomic E-state index is 14.0. The van der Waals surface area contributed by atoms with E-state index in [4.69, 9.17) is 0 Å². The lowest BCUT2D eigenvalue weighted by Gasteiger charge is -2.43. The summed E-state index contributed by atoms with van der Waals surface area (Å²) >= 11 is 1.14. The molecule has 47 heavy (non-hydrogen) atoms. The number of hydrogen-bond acceptors (Lipinski definition) is 9. The predicted octanol–water partition coefficient (Wildman–Crippen LogP) is 7.83. The predicted molar refractivity (Wildman–Crippen MR) is 189 cm³/mol. The Morgan fingerprint density at radius 2 is 1.91 bits per heavy atom. The van der Waals surface area contributed by atoms with E-state index >= 15 is 0 Å². The van der Waals surface area contributed by atoms with Crippen LogP contribution in [0, 0.1) is 25.2 Å². The van der Waals surface area contributed by atoms with Gasteiger partial charge in [0.1, 0.15) is 11.8 Å². The summed E-state index contributed by atoms with van der Waals surface area (Å²) in [5, 5.41) is 12.3. The second-order valence-electron chi connectivity index (χ2n) is 13.0. The zero-order chi connectivity index (χ0) is 33.5. The fourth-order valence-corrected chi connectivity index (χ4v) is 9.04. The average molecular weight is 674 g/mol. The van der Waals surface area contributed by atoms with Gasteiger partial charge in [-0.25, -0.2) is 9.67 Å². The van der Waals surface area contributed by atoms with Gasteiger partial charge in [0.05, 0.1) is 15.8 Å². The van der Waals surface area contributed by atoms with Gasteiger partial charge < -0.3 is 5.32 Å². The number of carbonyl (C=O) groups is 1. The molecule has 3 heterocycles. The van der Waals surface area contributed by atoms with Crippen molar-refractivity contribution < 1.29 is 13.9 Å². The number of nitrogens with zero attached hydrogens (tertiary/aromatic N) is 6. The van der Waals surface area contributed by atoms with E-state index in [1.54, 1.807) is 0 Å². The number of nitrogens with one attached hydrogen (secondary N) is 1. The number of rotatable bonds is 9. The highest BCUT2D eigenvalue weighted by atomic mass is 32.3. The van der Waals surface area contributed by atoms with Gasteiger partial charge in [-0.05, 0) is 78.6 Å². The molecule has 6 rings (SSSR count). The van der Waals surface area contributed by atoms with Crippen molar-refractivity contribution in [3.05, 3.63) is 94.3 Å². The maximum Gasteiger partial charge on any atom is 0.232 e. The van der Waals surface area contributed by atoms with Crippen molar-refractivity contribution >= 4 is 44.4 Å². The third-order valence-electron chi connectivity index (χ3n) is 9.71. The SMILES string of the molecule is CCC1Cc2ccccc2S(O)(O)N(Cc2cc(C(c3ccc4c(nnn4CC)c3C)C(C)(C)C(=O)Nc3ncns3)ccc2C)C1. The van der Waals surface area contributed by atoms with Crippen LogP contribution in [0.25, 0.3) is 11.0 Å². The molecule has 1 aliphatic rings. The number of aromatic nitrogens is 5.